The number of hydrogen-bond donors (Lipinski definition) is 3. The van der Waals surface area contributed by atoms with Crippen LogP contribution in [0.3, 0.4) is 0 Å². The second-order valence-electron chi connectivity index (χ2n) is 6.49. The van der Waals surface area contributed by atoms with Crippen LogP contribution in [0.1, 0.15) is 35.1 Å². The SMILES string of the molecule is CCOC(=O)C1=C(COC(=O)c2ccc(NC(C)=O)cc2)NC(=O)NC1c1cccs1. The summed E-state index contributed by atoms with van der Waals surface area (Å²) in [5, 5.41) is 9.68. The number of urea groups is 1. The number of carbonyl (C=O) groups is 4. The van der Waals surface area contributed by atoms with Gasteiger partial charge in [0.15, 0.2) is 0 Å². The van der Waals surface area contributed by atoms with Crippen molar-refractivity contribution in [2.45, 2.75) is 19.9 Å². The van der Waals surface area contributed by atoms with E-state index in [0.29, 0.717) is 5.69 Å². The smallest absolute Gasteiger partial charge is 0.338 e. The van der Waals surface area contributed by atoms with Gasteiger partial charge < -0.3 is 25.4 Å². The lowest BCUT2D eigenvalue weighted by Crippen LogP contribution is -2.46. The molecular weight excluding hydrogens is 422 g/mol. The number of hydrogen-bond acceptors (Lipinski definition) is 7. The number of anilines is 1. The molecule has 0 saturated carbocycles. The van der Waals surface area contributed by atoms with E-state index < -0.39 is 24.0 Å². The largest absolute Gasteiger partial charge is 0.463 e. The molecule has 3 N–H and O–H groups in total. The molecule has 0 fully saturated rings. The van der Waals surface area contributed by atoms with Crippen LogP contribution in [0.4, 0.5) is 10.5 Å². The van der Waals surface area contributed by atoms with Gasteiger partial charge in [-0.05, 0) is 42.6 Å². The molecule has 2 heterocycles. The quantitative estimate of drug-likeness (QED) is 0.566. The van der Waals surface area contributed by atoms with E-state index in [4.69, 9.17) is 9.47 Å². The molecule has 2 aromatic rings. The molecule has 1 aromatic heterocycles. The van der Waals surface area contributed by atoms with Gasteiger partial charge in [-0.25, -0.2) is 14.4 Å². The fourth-order valence-electron chi connectivity index (χ4n) is 2.96. The molecule has 0 saturated heterocycles. The average molecular weight is 443 g/mol. The lowest BCUT2D eigenvalue weighted by molar-refractivity contribution is -0.139. The normalized spacial score (nSPS) is 15.5. The maximum atomic E-state index is 12.6. The number of thiophene rings is 1. The van der Waals surface area contributed by atoms with Crippen LogP contribution in [0.15, 0.2) is 53.0 Å². The van der Waals surface area contributed by atoms with Gasteiger partial charge in [-0.15, -0.1) is 11.3 Å². The Bertz CT molecular complexity index is 1010. The zero-order chi connectivity index (χ0) is 22.4. The van der Waals surface area contributed by atoms with E-state index in [2.05, 4.69) is 16.0 Å². The van der Waals surface area contributed by atoms with Gasteiger partial charge in [0, 0.05) is 17.5 Å². The van der Waals surface area contributed by atoms with Gasteiger partial charge in [-0.3, -0.25) is 4.79 Å². The van der Waals surface area contributed by atoms with E-state index >= 15 is 0 Å². The third kappa shape index (κ3) is 5.48. The first-order valence-electron chi connectivity index (χ1n) is 9.45. The number of benzene rings is 1. The van der Waals surface area contributed by atoms with E-state index in [1.54, 1.807) is 31.2 Å². The minimum atomic E-state index is -0.710. The number of esters is 2. The zero-order valence-corrected chi connectivity index (χ0v) is 17.7. The third-order valence-electron chi connectivity index (χ3n) is 4.27. The Balaban J connectivity index is 1.81. The lowest BCUT2D eigenvalue weighted by atomic mass is 10.0. The molecule has 1 atom stereocenters. The highest BCUT2D eigenvalue weighted by Gasteiger charge is 2.34. The van der Waals surface area contributed by atoms with Crippen molar-refractivity contribution < 1.29 is 28.7 Å². The van der Waals surface area contributed by atoms with Gasteiger partial charge in [0.25, 0.3) is 0 Å². The summed E-state index contributed by atoms with van der Waals surface area (Å²) in [4.78, 5) is 49.1. The average Bonchev–Trinajstić information content (AvgIpc) is 3.26. The second-order valence-corrected chi connectivity index (χ2v) is 7.47. The molecule has 0 radical (unpaired) electrons. The van der Waals surface area contributed by atoms with Crippen LogP contribution in [-0.4, -0.2) is 37.1 Å². The van der Waals surface area contributed by atoms with Crippen molar-refractivity contribution in [3.8, 4) is 0 Å². The zero-order valence-electron chi connectivity index (χ0n) is 16.9. The summed E-state index contributed by atoms with van der Waals surface area (Å²) >= 11 is 1.38. The molecule has 1 aliphatic rings. The van der Waals surface area contributed by atoms with Gasteiger partial charge in [-0.1, -0.05) is 6.07 Å². The molecule has 3 amide bonds. The highest BCUT2D eigenvalue weighted by atomic mass is 32.1. The Morgan fingerprint density at radius 3 is 2.45 bits per heavy atom. The van der Waals surface area contributed by atoms with Crippen LogP contribution < -0.4 is 16.0 Å². The number of rotatable bonds is 7. The molecule has 0 bridgehead atoms. The summed E-state index contributed by atoms with van der Waals surface area (Å²) in [6.07, 6.45) is 0. The predicted molar refractivity (Wildman–Crippen MR) is 113 cm³/mol. The van der Waals surface area contributed by atoms with E-state index in [1.165, 1.54) is 30.4 Å². The Labute approximate surface area is 182 Å². The molecule has 1 aromatic carbocycles. The summed E-state index contributed by atoms with van der Waals surface area (Å²) in [6, 6.07) is 8.52. The summed E-state index contributed by atoms with van der Waals surface area (Å²) in [6.45, 7) is 2.89. The predicted octanol–water partition coefficient (Wildman–Crippen LogP) is 2.73. The maximum absolute atomic E-state index is 12.6. The van der Waals surface area contributed by atoms with Crippen LogP contribution in [0.25, 0.3) is 0 Å². The van der Waals surface area contributed by atoms with Crippen LogP contribution >= 0.6 is 11.3 Å². The summed E-state index contributed by atoms with van der Waals surface area (Å²) in [5.74, 6) is -1.49. The highest BCUT2D eigenvalue weighted by Crippen LogP contribution is 2.30. The molecule has 3 rings (SSSR count). The number of ether oxygens (including phenoxy) is 2. The minimum Gasteiger partial charge on any atom is -0.463 e. The van der Waals surface area contributed by atoms with Crippen LogP contribution in [0, 0.1) is 0 Å². The Kier molecular flexibility index (Phi) is 7.03. The molecule has 1 aliphatic heterocycles. The first-order chi connectivity index (χ1) is 14.9. The minimum absolute atomic E-state index is 0.154. The van der Waals surface area contributed by atoms with Gasteiger partial charge >= 0.3 is 18.0 Å². The maximum Gasteiger partial charge on any atom is 0.338 e. The number of nitrogens with one attached hydrogen (secondary N) is 3. The van der Waals surface area contributed by atoms with Crippen molar-refractivity contribution in [3.05, 3.63) is 63.5 Å². The number of carbonyl (C=O) groups excluding carboxylic acids is 4. The number of amides is 3. The summed E-state index contributed by atoms with van der Waals surface area (Å²) in [5.41, 5.74) is 1.13. The van der Waals surface area contributed by atoms with Crippen molar-refractivity contribution in [2.75, 3.05) is 18.5 Å². The summed E-state index contributed by atoms with van der Waals surface area (Å²) < 4.78 is 10.5. The van der Waals surface area contributed by atoms with Crippen molar-refractivity contribution in [1.29, 1.82) is 0 Å². The van der Waals surface area contributed by atoms with E-state index in [9.17, 15) is 19.2 Å². The van der Waals surface area contributed by atoms with Gasteiger partial charge in [-0.2, -0.15) is 0 Å². The fourth-order valence-corrected chi connectivity index (χ4v) is 3.75. The Hall–Kier alpha value is -3.66. The Morgan fingerprint density at radius 2 is 1.84 bits per heavy atom. The van der Waals surface area contributed by atoms with Crippen LogP contribution in [-0.2, 0) is 19.1 Å². The first kappa shape index (κ1) is 22.0. The molecule has 10 heteroatoms. The van der Waals surface area contributed by atoms with Crippen LogP contribution in [0.5, 0.6) is 0 Å². The molecule has 0 spiro atoms. The van der Waals surface area contributed by atoms with Crippen molar-refractivity contribution in [2.24, 2.45) is 0 Å². The molecule has 162 valence electrons. The summed E-state index contributed by atoms with van der Waals surface area (Å²) in [7, 11) is 0. The third-order valence-corrected chi connectivity index (χ3v) is 5.20. The monoisotopic (exact) mass is 443 g/mol. The van der Waals surface area contributed by atoms with Gasteiger partial charge in [0.1, 0.15) is 6.61 Å². The van der Waals surface area contributed by atoms with E-state index in [0.717, 1.165) is 4.88 Å². The van der Waals surface area contributed by atoms with Crippen molar-refractivity contribution >= 4 is 40.9 Å². The van der Waals surface area contributed by atoms with Crippen LogP contribution in [0.2, 0.25) is 0 Å². The Morgan fingerprint density at radius 1 is 1.10 bits per heavy atom. The van der Waals surface area contributed by atoms with Crippen molar-refractivity contribution in [3.63, 3.8) is 0 Å². The molecular formula is C21H21N3O6S. The van der Waals surface area contributed by atoms with E-state index in [-0.39, 0.29) is 36.0 Å². The fraction of sp³-hybridized carbons (Fsp3) is 0.238. The first-order valence-corrected chi connectivity index (χ1v) is 10.3. The van der Waals surface area contributed by atoms with Gasteiger partial charge in [0.05, 0.1) is 29.5 Å². The standard InChI is InChI=1S/C21H21N3O6S/c1-3-29-20(27)17-15(23-21(28)24-18(17)16-5-4-10-31-16)11-30-19(26)13-6-8-14(9-7-13)22-12(2)25/h4-10,18H,3,11H2,1-2H3,(H,22,25)(H2,23,24,28). The molecule has 9 nitrogen and oxygen atoms in total. The van der Waals surface area contributed by atoms with E-state index in [1.807, 2.05) is 5.38 Å². The topological polar surface area (TPSA) is 123 Å². The lowest BCUT2D eigenvalue weighted by Gasteiger charge is -2.28. The van der Waals surface area contributed by atoms with Gasteiger partial charge in [0.2, 0.25) is 5.91 Å². The molecule has 1 unspecified atom stereocenters. The molecule has 31 heavy (non-hydrogen) atoms. The second kappa shape index (κ2) is 9.90. The molecule has 0 aliphatic carbocycles. The highest BCUT2D eigenvalue weighted by molar-refractivity contribution is 7.10. The van der Waals surface area contributed by atoms with Crippen molar-refractivity contribution in [1.82, 2.24) is 10.6 Å².